The van der Waals surface area contributed by atoms with Gasteiger partial charge in [-0.25, -0.2) is 9.13 Å². The molecule has 0 aliphatic rings. The highest BCUT2D eigenvalue weighted by Gasteiger charge is 2.30. The number of phosphoric ester groups is 2. The van der Waals surface area contributed by atoms with Gasteiger partial charge in [-0.3, -0.25) is 37.3 Å². The molecule has 6 atom stereocenters. The van der Waals surface area contributed by atoms with Crippen LogP contribution in [0.15, 0.2) is 0 Å². The topological polar surface area (TPSA) is 237 Å². The fraction of sp³-hybridized carbons (Fsp3) is 0.940. The summed E-state index contributed by atoms with van der Waals surface area (Å²) in [4.78, 5) is 72.0. The molecule has 0 fully saturated rings. The lowest BCUT2D eigenvalue weighted by molar-refractivity contribution is -0.161. The molecule has 510 valence electrons. The number of aliphatic hydroxyl groups excluding tert-OH is 1. The summed E-state index contributed by atoms with van der Waals surface area (Å²) < 4.78 is 67.8. The number of carbonyl (C=O) groups is 4. The maximum Gasteiger partial charge on any atom is 0.472 e. The predicted molar refractivity (Wildman–Crippen MR) is 345 cm³/mol. The minimum absolute atomic E-state index is 0.104. The second-order valence-corrected chi connectivity index (χ2v) is 27.8. The maximum absolute atomic E-state index is 13.0. The Bertz CT molecular complexity index is 1690. The van der Waals surface area contributed by atoms with Crippen molar-refractivity contribution in [3.63, 3.8) is 0 Å². The van der Waals surface area contributed by atoms with Crippen LogP contribution >= 0.6 is 15.6 Å². The van der Waals surface area contributed by atoms with Crippen molar-refractivity contribution in [1.29, 1.82) is 0 Å². The average molecular weight is 1270 g/mol. The third-order valence-corrected chi connectivity index (χ3v) is 17.7. The van der Waals surface area contributed by atoms with Crippen molar-refractivity contribution in [3.8, 4) is 0 Å². The summed E-state index contributed by atoms with van der Waals surface area (Å²) >= 11 is 0. The molecule has 0 saturated carbocycles. The monoisotopic (exact) mass is 1270 g/mol. The fourth-order valence-electron chi connectivity index (χ4n) is 10.0. The Hall–Kier alpha value is -1.94. The summed E-state index contributed by atoms with van der Waals surface area (Å²) in [6.45, 7) is 9.44. The van der Waals surface area contributed by atoms with Crippen LogP contribution in [-0.2, 0) is 65.4 Å². The van der Waals surface area contributed by atoms with E-state index in [-0.39, 0.29) is 25.7 Å². The van der Waals surface area contributed by atoms with Crippen LogP contribution in [0, 0.1) is 11.8 Å². The molecule has 0 bridgehead atoms. The highest BCUT2D eigenvalue weighted by Crippen LogP contribution is 2.45. The van der Waals surface area contributed by atoms with Crippen LogP contribution in [0.2, 0.25) is 0 Å². The molecule has 3 unspecified atom stereocenters. The first-order valence-corrected chi connectivity index (χ1v) is 38.0. The molecule has 17 nitrogen and oxygen atoms in total. The smallest absolute Gasteiger partial charge is 0.462 e. The molecule has 0 aliphatic carbocycles. The standard InChI is InChI=1S/C67H130O17P2/c1-7-10-12-14-15-32-39-45-51-66(71)83-62(55-77-64(69)49-43-35-13-11-8-2)57-81-85(73,74)79-53-61(68)54-80-86(75,76)82-58-63(56-78-65(70)50-44-38-33-29-28-31-37-42-48-60(6)9-3)84-67(72)52-46-40-34-27-25-23-21-19-17-16-18-20-22-24-26-30-36-41-47-59(4)5/h59-63,68H,7-58H2,1-6H3,(H,73,74)(H,75,76)/t60?,61-,62+,63+/m0/s1. The molecular formula is C67H130O17P2. The van der Waals surface area contributed by atoms with Gasteiger partial charge >= 0.3 is 39.5 Å². The Kier molecular flexibility index (Phi) is 58.0. The van der Waals surface area contributed by atoms with E-state index in [1.165, 1.54) is 141 Å². The molecule has 19 heteroatoms. The van der Waals surface area contributed by atoms with Crippen LogP contribution in [0.4, 0.5) is 0 Å². The molecule has 0 amide bonds. The van der Waals surface area contributed by atoms with E-state index in [0.717, 1.165) is 115 Å². The van der Waals surface area contributed by atoms with Gasteiger partial charge in [-0.15, -0.1) is 0 Å². The molecule has 0 aromatic carbocycles. The van der Waals surface area contributed by atoms with Gasteiger partial charge in [0, 0.05) is 25.7 Å². The first-order valence-electron chi connectivity index (χ1n) is 35.0. The van der Waals surface area contributed by atoms with Crippen molar-refractivity contribution in [2.75, 3.05) is 39.6 Å². The van der Waals surface area contributed by atoms with E-state index in [1.54, 1.807) is 0 Å². The number of esters is 4. The summed E-state index contributed by atoms with van der Waals surface area (Å²) in [5, 5.41) is 10.5. The van der Waals surface area contributed by atoms with Gasteiger partial charge < -0.3 is 33.8 Å². The third kappa shape index (κ3) is 59.7. The fourth-order valence-corrected chi connectivity index (χ4v) is 11.6. The van der Waals surface area contributed by atoms with Gasteiger partial charge in [0.2, 0.25) is 0 Å². The molecule has 0 aliphatic heterocycles. The summed E-state index contributed by atoms with van der Waals surface area (Å²) in [6.07, 6.45) is 43.6. The zero-order valence-electron chi connectivity index (χ0n) is 55.6. The molecule has 86 heavy (non-hydrogen) atoms. The second kappa shape index (κ2) is 59.4. The Morgan fingerprint density at radius 2 is 0.593 bits per heavy atom. The van der Waals surface area contributed by atoms with Crippen molar-refractivity contribution >= 4 is 39.5 Å². The molecule has 0 aromatic rings. The molecule has 3 N–H and O–H groups in total. The Labute approximate surface area is 524 Å². The minimum atomic E-state index is -4.95. The molecule has 0 rings (SSSR count). The molecule has 0 radical (unpaired) electrons. The van der Waals surface area contributed by atoms with Crippen LogP contribution in [0.3, 0.4) is 0 Å². The van der Waals surface area contributed by atoms with E-state index in [9.17, 15) is 43.2 Å². The summed E-state index contributed by atoms with van der Waals surface area (Å²) in [5.74, 6) is -0.546. The lowest BCUT2D eigenvalue weighted by atomic mass is 9.99. The Morgan fingerprint density at radius 3 is 0.884 bits per heavy atom. The number of hydrogen-bond donors (Lipinski definition) is 3. The number of hydrogen-bond acceptors (Lipinski definition) is 15. The number of unbranched alkanes of at least 4 members (excludes halogenated alkanes) is 35. The maximum atomic E-state index is 13.0. The van der Waals surface area contributed by atoms with Crippen LogP contribution < -0.4 is 0 Å². The van der Waals surface area contributed by atoms with Crippen LogP contribution in [0.5, 0.6) is 0 Å². The Morgan fingerprint density at radius 1 is 0.337 bits per heavy atom. The normalized spacial score (nSPS) is 14.5. The van der Waals surface area contributed by atoms with Crippen LogP contribution in [0.1, 0.15) is 337 Å². The lowest BCUT2D eigenvalue weighted by Gasteiger charge is -2.21. The van der Waals surface area contributed by atoms with Gasteiger partial charge in [-0.05, 0) is 37.5 Å². The van der Waals surface area contributed by atoms with E-state index in [1.807, 2.05) is 0 Å². The molecule has 0 aromatic heterocycles. The zero-order valence-corrected chi connectivity index (χ0v) is 57.4. The SMILES string of the molecule is CCCCCCCCCCC(=O)O[C@H](COC(=O)CCCCCCC)COP(=O)(O)OC[C@H](O)COP(=O)(O)OC[C@@H](COC(=O)CCCCCCCCCCC(C)CC)OC(=O)CCCCCCCCCCCCCCCCCCCCC(C)C. The number of carbonyl (C=O) groups excluding carboxylic acids is 4. The summed E-state index contributed by atoms with van der Waals surface area (Å²) in [7, 11) is -9.88. The Balaban J connectivity index is 5.09. The minimum Gasteiger partial charge on any atom is -0.462 e. The van der Waals surface area contributed by atoms with Crippen molar-refractivity contribution < 1.29 is 80.2 Å². The van der Waals surface area contributed by atoms with Gasteiger partial charge in [0.05, 0.1) is 26.4 Å². The molecule has 0 heterocycles. The zero-order chi connectivity index (χ0) is 63.6. The van der Waals surface area contributed by atoms with E-state index in [2.05, 4.69) is 41.5 Å². The van der Waals surface area contributed by atoms with E-state index >= 15 is 0 Å². The van der Waals surface area contributed by atoms with E-state index < -0.39 is 97.5 Å². The first-order chi connectivity index (χ1) is 41.4. The number of ether oxygens (including phenoxy) is 4. The van der Waals surface area contributed by atoms with Gasteiger partial charge in [0.15, 0.2) is 12.2 Å². The molecule has 0 saturated heterocycles. The highest BCUT2D eigenvalue weighted by atomic mass is 31.2. The van der Waals surface area contributed by atoms with Gasteiger partial charge in [-0.1, -0.05) is 286 Å². The number of phosphoric acid groups is 2. The van der Waals surface area contributed by atoms with Crippen molar-refractivity contribution in [1.82, 2.24) is 0 Å². The quantitative estimate of drug-likeness (QED) is 0.0222. The second-order valence-electron chi connectivity index (χ2n) is 24.9. The molecule has 0 spiro atoms. The van der Waals surface area contributed by atoms with Crippen molar-refractivity contribution in [2.24, 2.45) is 11.8 Å². The van der Waals surface area contributed by atoms with Gasteiger partial charge in [0.25, 0.3) is 0 Å². The van der Waals surface area contributed by atoms with Crippen LogP contribution in [0.25, 0.3) is 0 Å². The third-order valence-electron chi connectivity index (χ3n) is 15.8. The van der Waals surface area contributed by atoms with E-state index in [4.69, 9.17) is 37.0 Å². The number of aliphatic hydroxyl groups is 1. The van der Waals surface area contributed by atoms with Gasteiger partial charge in [0.1, 0.15) is 19.3 Å². The van der Waals surface area contributed by atoms with Crippen molar-refractivity contribution in [3.05, 3.63) is 0 Å². The predicted octanol–water partition coefficient (Wildman–Crippen LogP) is 18.8. The summed E-state index contributed by atoms with van der Waals surface area (Å²) in [6, 6.07) is 0. The van der Waals surface area contributed by atoms with E-state index in [0.29, 0.717) is 25.7 Å². The molecular weight excluding hydrogens is 1140 g/mol. The largest absolute Gasteiger partial charge is 0.472 e. The van der Waals surface area contributed by atoms with Crippen molar-refractivity contribution in [2.45, 2.75) is 355 Å². The lowest BCUT2D eigenvalue weighted by Crippen LogP contribution is -2.30. The summed E-state index contributed by atoms with van der Waals surface area (Å²) in [5.41, 5.74) is 0. The number of rotatable bonds is 66. The average Bonchev–Trinajstić information content (AvgIpc) is 3.70. The van der Waals surface area contributed by atoms with Crippen LogP contribution in [-0.4, -0.2) is 96.7 Å². The first kappa shape index (κ1) is 84.1. The van der Waals surface area contributed by atoms with Gasteiger partial charge in [-0.2, -0.15) is 0 Å². The highest BCUT2D eigenvalue weighted by molar-refractivity contribution is 7.47.